The number of nitrogens with one attached hydrogen (secondary N) is 3. The van der Waals surface area contributed by atoms with Crippen molar-refractivity contribution in [3.05, 3.63) is 65.5 Å². The number of carbonyl (C=O) groups excluding carboxylic acids is 3. The van der Waals surface area contributed by atoms with Gasteiger partial charge in [0.1, 0.15) is 5.82 Å². The van der Waals surface area contributed by atoms with Crippen molar-refractivity contribution < 1.29 is 23.5 Å². The third kappa shape index (κ3) is 5.59. The Bertz CT molecular complexity index is 796. The number of urea groups is 1. The van der Waals surface area contributed by atoms with Crippen LogP contribution in [0.15, 0.2) is 48.5 Å². The van der Waals surface area contributed by atoms with E-state index in [1.807, 2.05) is 30.3 Å². The first-order chi connectivity index (χ1) is 12.5. The monoisotopic (exact) mass is 359 g/mol. The average molecular weight is 359 g/mol. The van der Waals surface area contributed by atoms with E-state index in [9.17, 15) is 18.8 Å². The number of imide groups is 1. The summed E-state index contributed by atoms with van der Waals surface area (Å²) in [5.74, 6) is -2.14. The van der Waals surface area contributed by atoms with Crippen LogP contribution in [0.1, 0.15) is 15.9 Å². The molecule has 0 aliphatic rings. The van der Waals surface area contributed by atoms with E-state index in [0.717, 1.165) is 18.7 Å². The van der Waals surface area contributed by atoms with Gasteiger partial charge in [0.25, 0.3) is 0 Å². The van der Waals surface area contributed by atoms with Crippen molar-refractivity contribution >= 4 is 23.6 Å². The van der Waals surface area contributed by atoms with E-state index in [1.165, 1.54) is 12.1 Å². The Morgan fingerprint density at radius 1 is 1.08 bits per heavy atom. The highest BCUT2D eigenvalue weighted by Crippen LogP contribution is 2.15. The Balaban J connectivity index is 1.81. The summed E-state index contributed by atoms with van der Waals surface area (Å²) in [7, 11) is 1.14. The maximum Gasteiger partial charge on any atom is 0.340 e. The number of hydrogen-bond acceptors (Lipinski definition) is 5. The number of hydrogen-bond donors (Lipinski definition) is 3. The fraction of sp³-hybridized carbons (Fsp3) is 0.167. The van der Waals surface area contributed by atoms with Crippen LogP contribution in [-0.4, -0.2) is 31.6 Å². The number of esters is 1. The molecule has 0 unspecified atom stereocenters. The van der Waals surface area contributed by atoms with E-state index >= 15 is 0 Å². The number of methoxy groups -OCH3 is 1. The van der Waals surface area contributed by atoms with Crippen LogP contribution >= 0.6 is 0 Å². The molecule has 7 nitrogen and oxygen atoms in total. The standard InChI is InChI=1S/C18H18FN3O4/c1-26-17(24)14-9-13(7-8-15(14)19)20-11-16(23)22-18(25)21-10-12-5-3-2-4-6-12/h2-9,20H,10-11H2,1H3,(H2,21,22,23,25). The molecule has 0 aliphatic heterocycles. The fourth-order valence-electron chi connectivity index (χ4n) is 2.08. The van der Waals surface area contributed by atoms with Gasteiger partial charge < -0.3 is 15.4 Å². The van der Waals surface area contributed by atoms with Crippen LogP contribution in [0.3, 0.4) is 0 Å². The Kier molecular flexibility index (Phi) is 6.67. The van der Waals surface area contributed by atoms with Gasteiger partial charge >= 0.3 is 12.0 Å². The lowest BCUT2D eigenvalue weighted by Gasteiger charge is -2.09. The minimum Gasteiger partial charge on any atom is -0.465 e. The van der Waals surface area contributed by atoms with Gasteiger partial charge in [0.2, 0.25) is 5.91 Å². The maximum absolute atomic E-state index is 13.5. The van der Waals surface area contributed by atoms with Gasteiger partial charge in [0.05, 0.1) is 19.2 Å². The molecule has 0 aromatic heterocycles. The van der Waals surface area contributed by atoms with Gasteiger partial charge in [0, 0.05) is 12.2 Å². The van der Waals surface area contributed by atoms with Gasteiger partial charge in [0.15, 0.2) is 0 Å². The van der Waals surface area contributed by atoms with Crippen LogP contribution in [0, 0.1) is 5.82 Å². The van der Waals surface area contributed by atoms with Crippen LogP contribution in [-0.2, 0) is 16.1 Å². The molecule has 2 aromatic carbocycles. The molecule has 0 saturated carbocycles. The molecule has 0 atom stereocenters. The van der Waals surface area contributed by atoms with Gasteiger partial charge in [-0.25, -0.2) is 14.0 Å². The van der Waals surface area contributed by atoms with Gasteiger partial charge in [-0.15, -0.1) is 0 Å². The average Bonchev–Trinajstić information content (AvgIpc) is 2.66. The van der Waals surface area contributed by atoms with Crippen molar-refractivity contribution in [2.75, 3.05) is 19.0 Å². The SMILES string of the molecule is COC(=O)c1cc(NCC(=O)NC(=O)NCc2ccccc2)ccc1F. The molecular weight excluding hydrogens is 341 g/mol. The molecule has 3 N–H and O–H groups in total. The van der Waals surface area contributed by atoms with Crippen LogP contribution in [0.2, 0.25) is 0 Å². The summed E-state index contributed by atoms with van der Waals surface area (Å²) < 4.78 is 18.0. The molecule has 26 heavy (non-hydrogen) atoms. The number of carbonyl (C=O) groups is 3. The van der Waals surface area contributed by atoms with Gasteiger partial charge in [-0.3, -0.25) is 10.1 Å². The maximum atomic E-state index is 13.5. The second kappa shape index (κ2) is 9.16. The number of anilines is 1. The lowest BCUT2D eigenvalue weighted by molar-refractivity contribution is -0.118. The van der Waals surface area contributed by atoms with Crippen molar-refractivity contribution in [3.8, 4) is 0 Å². The molecule has 0 aliphatic carbocycles. The molecule has 8 heteroatoms. The van der Waals surface area contributed by atoms with E-state index in [1.54, 1.807) is 0 Å². The summed E-state index contributed by atoms with van der Waals surface area (Å²) in [5.41, 5.74) is 0.986. The van der Waals surface area contributed by atoms with E-state index in [4.69, 9.17) is 0 Å². The lowest BCUT2D eigenvalue weighted by Crippen LogP contribution is -2.41. The number of amides is 3. The van der Waals surface area contributed by atoms with Crippen molar-refractivity contribution in [3.63, 3.8) is 0 Å². The molecule has 0 spiro atoms. The number of benzene rings is 2. The van der Waals surface area contributed by atoms with Crippen LogP contribution in [0.5, 0.6) is 0 Å². The highest BCUT2D eigenvalue weighted by Gasteiger charge is 2.13. The predicted octanol–water partition coefficient (Wildman–Crippen LogP) is 2.05. The Labute approximate surface area is 149 Å². The van der Waals surface area contributed by atoms with Gasteiger partial charge in [-0.1, -0.05) is 30.3 Å². The first-order valence-corrected chi connectivity index (χ1v) is 7.73. The third-order valence-corrected chi connectivity index (χ3v) is 3.37. The molecule has 0 saturated heterocycles. The Hall–Kier alpha value is -3.42. The third-order valence-electron chi connectivity index (χ3n) is 3.37. The van der Waals surface area contributed by atoms with E-state index in [-0.39, 0.29) is 18.7 Å². The van der Waals surface area contributed by atoms with Crippen molar-refractivity contribution in [2.45, 2.75) is 6.54 Å². The summed E-state index contributed by atoms with van der Waals surface area (Å²) in [5, 5.41) is 7.42. The molecule has 0 radical (unpaired) electrons. The van der Waals surface area contributed by atoms with Crippen LogP contribution in [0.4, 0.5) is 14.9 Å². The second-order valence-electron chi connectivity index (χ2n) is 5.26. The smallest absolute Gasteiger partial charge is 0.340 e. The zero-order chi connectivity index (χ0) is 18.9. The number of ether oxygens (including phenoxy) is 1. The van der Waals surface area contributed by atoms with E-state index in [0.29, 0.717) is 5.69 Å². The molecule has 136 valence electrons. The molecule has 2 rings (SSSR count). The first-order valence-electron chi connectivity index (χ1n) is 7.73. The van der Waals surface area contributed by atoms with Gasteiger partial charge in [-0.05, 0) is 23.8 Å². The molecule has 3 amide bonds. The lowest BCUT2D eigenvalue weighted by atomic mass is 10.2. The predicted molar refractivity (Wildman–Crippen MR) is 93.0 cm³/mol. The molecule has 0 heterocycles. The quantitative estimate of drug-likeness (QED) is 0.686. The molecule has 0 fully saturated rings. The fourth-order valence-corrected chi connectivity index (χ4v) is 2.08. The normalized spacial score (nSPS) is 9.92. The van der Waals surface area contributed by atoms with Crippen LogP contribution in [0.25, 0.3) is 0 Å². The zero-order valence-corrected chi connectivity index (χ0v) is 14.0. The zero-order valence-electron chi connectivity index (χ0n) is 14.0. The van der Waals surface area contributed by atoms with E-state index in [2.05, 4.69) is 20.7 Å². The van der Waals surface area contributed by atoms with Crippen molar-refractivity contribution in [1.29, 1.82) is 0 Å². The first kappa shape index (κ1) is 18.9. The largest absolute Gasteiger partial charge is 0.465 e. The topological polar surface area (TPSA) is 96.5 Å². The summed E-state index contributed by atoms with van der Waals surface area (Å²) in [6.07, 6.45) is 0. The van der Waals surface area contributed by atoms with Crippen molar-refractivity contribution in [1.82, 2.24) is 10.6 Å². The summed E-state index contributed by atoms with van der Waals surface area (Å²) in [4.78, 5) is 34.9. The number of rotatable bonds is 6. The Morgan fingerprint density at radius 2 is 1.81 bits per heavy atom. The van der Waals surface area contributed by atoms with E-state index < -0.39 is 23.7 Å². The molecule has 2 aromatic rings. The second-order valence-corrected chi connectivity index (χ2v) is 5.26. The number of halogens is 1. The van der Waals surface area contributed by atoms with Crippen LogP contribution < -0.4 is 16.0 Å². The molecule has 0 bridgehead atoms. The van der Waals surface area contributed by atoms with Crippen molar-refractivity contribution in [2.24, 2.45) is 0 Å². The minimum atomic E-state index is -0.823. The highest BCUT2D eigenvalue weighted by atomic mass is 19.1. The van der Waals surface area contributed by atoms with Gasteiger partial charge in [-0.2, -0.15) is 0 Å². The summed E-state index contributed by atoms with van der Waals surface area (Å²) in [6.45, 7) is 0.0544. The summed E-state index contributed by atoms with van der Waals surface area (Å²) >= 11 is 0. The molecular formula is C18H18FN3O4. The Morgan fingerprint density at radius 3 is 2.50 bits per heavy atom. The minimum absolute atomic E-state index is 0.231. The summed E-state index contributed by atoms with van der Waals surface area (Å²) in [6, 6.07) is 12.3. The highest BCUT2D eigenvalue weighted by molar-refractivity contribution is 5.96.